The van der Waals surface area contributed by atoms with Crippen molar-refractivity contribution in [2.24, 2.45) is 5.41 Å². The van der Waals surface area contributed by atoms with E-state index in [-0.39, 0.29) is 0 Å². The van der Waals surface area contributed by atoms with Gasteiger partial charge in [-0.2, -0.15) is 9.61 Å². The molecule has 0 aliphatic carbocycles. The van der Waals surface area contributed by atoms with Gasteiger partial charge in [0.25, 0.3) is 0 Å². The van der Waals surface area contributed by atoms with Crippen molar-refractivity contribution in [2.75, 3.05) is 38.1 Å². The van der Waals surface area contributed by atoms with E-state index in [1.165, 1.54) is 31.7 Å². The van der Waals surface area contributed by atoms with Crippen molar-refractivity contribution < 1.29 is 0 Å². The van der Waals surface area contributed by atoms with E-state index in [0.29, 0.717) is 5.41 Å². The molecule has 0 radical (unpaired) electrons. The molecule has 5 heteroatoms. The van der Waals surface area contributed by atoms with Crippen molar-refractivity contribution in [3.63, 3.8) is 0 Å². The normalized spacial score (nSPS) is 24.0. The van der Waals surface area contributed by atoms with Crippen LogP contribution in [0.1, 0.15) is 12.8 Å². The van der Waals surface area contributed by atoms with E-state index in [0.717, 1.165) is 30.0 Å². The Morgan fingerprint density at radius 1 is 1.00 bits per heavy atom. The Bertz CT molecular complexity index is 903. The molecule has 1 aromatic carbocycles. The van der Waals surface area contributed by atoms with Crippen LogP contribution in [0, 0.1) is 5.41 Å². The van der Waals surface area contributed by atoms with Gasteiger partial charge in [-0.1, -0.05) is 30.3 Å². The number of anilines is 1. The van der Waals surface area contributed by atoms with E-state index in [1.54, 1.807) is 0 Å². The highest BCUT2D eigenvalue weighted by Crippen LogP contribution is 2.41. The van der Waals surface area contributed by atoms with Crippen LogP contribution in [0.4, 0.5) is 5.82 Å². The van der Waals surface area contributed by atoms with Gasteiger partial charge in [0, 0.05) is 42.7 Å². The topological polar surface area (TPSA) is 36.7 Å². The average Bonchev–Trinajstić information content (AvgIpc) is 3.35. The third-order valence-electron chi connectivity index (χ3n) is 5.80. The number of fused-ring (bicyclic) bond motifs is 1. The fourth-order valence-corrected chi connectivity index (χ4v) is 4.50. The fraction of sp³-hybridized carbons (Fsp3) is 0.400. The molecule has 4 heterocycles. The van der Waals surface area contributed by atoms with Crippen molar-refractivity contribution in [3.8, 4) is 11.3 Å². The number of hydrogen-bond donors (Lipinski definition) is 0. The van der Waals surface area contributed by atoms with Crippen LogP contribution in [-0.4, -0.2) is 52.7 Å². The van der Waals surface area contributed by atoms with Crippen molar-refractivity contribution in [1.29, 1.82) is 0 Å². The molecular formula is C20H23N5. The standard InChI is InChI=1S/C20H23N5/c1-23-11-8-20(14-23)9-12-24(15-20)19-13-17(16-5-3-2-4-6-16)22-18-7-10-21-25(18)19/h2-7,10,13H,8-9,11-12,14-15H2,1H3/t20-/m1/s1. The number of hydrogen-bond acceptors (Lipinski definition) is 4. The molecule has 2 saturated heterocycles. The Labute approximate surface area is 147 Å². The zero-order valence-electron chi connectivity index (χ0n) is 14.6. The molecule has 1 atom stereocenters. The van der Waals surface area contributed by atoms with Crippen LogP contribution in [0.25, 0.3) is 16.9 Å². The number of rotatable bonds is 2. The molecular weight excluding hydrogens is 310 g/mol. The lowest BCUT2D eigenvalue weighted by molar-refractivity contribution is 0.312. The van der Waals surface area contributed by atoms with Crippen LogP contribution in [0.2, 0.25) is 0 Å². The van der Waals surface area contributed by atoms with Crippen LogP contribution in [-0.2, 0) is 0 Å². The van der Waals surface area contributed by atoms with Gasteiger partial charge in [0.05, 0.1) is 11.9 Å². The first-order valence-corrected chi connectivity index (χ1v) is 9.06. The van der Waals surface area contributed by atoms with Crippen LogP contribution in [0.5, 0.6) is 0 Å². The molecule has 0 unspecified atom stereocenters. The third-order valence-corrected chi connectivity index (χ3v) is 5.80. The van der Waals surface area contributed by atoms with Crippen molar-refractivity contribution in [1.82, 2.24) is 19.5 Å². The summed E-state index contributed by atoms with van der Waals surface area (Å²) in [5.74, 6) is 1.17. The lowest BCUT2D eigenvalue weighted by Gasteiger charge is -2.25. The summed E-state index contributed by atoms with van der Waals surface area (Å²) in [5.41, 5.74) is 3.54. The molecule has 0 amide bonds. The van der Waals surface area contributed by atoms with E-state index >= 15 is 0 Å². The van der Waals surface area contributed by atoms with Gasteiger partial charge in [0.1, 0.15) is 5.82 Å². The minimum absolute atomic E-state index is 0.449. The highest BCUT2D eigenvalue weighted by molar-refractivity contribution is 5.67. The quantitative estimate of drug-likeness (QED) is 0.722. The summed E-state index contributed by atoms with van der Waals surface area (Å²) in [5, 5.41) is 4.53. The Balaban J connectivity index is 1.56. The number of aromatic nitrogens is 3. The molecule has 5 nitrogen and oxygen atoms in total. The van der Waals surface area contributed by atoms with E-state index in [9.17, 15) is 0 Å². The summed E-state index contributed by atoms with van der Waals surface area (Å²) < 4.78 is 1.99. The molecule has 1 spiro atoms. The van der Waals surface area contributed by atoms with Gasteiger partial charge in [-0.3, -0.25) is 0 Å². The Kier molecular flexibility index (Phi) is 3.31. The van der Waals surface area contributed by atoms with E-state index in [1.807, 2.05) is 22.8 Å². The monoisotopic (exact) mass is 333 g/mol. The largest absolute Gasteiger partial charge is 0.356 e. The first-order valence-electron chi connectivity index (χ1n) is 9.06. The summed E-state index contributed by atoms with van der Waals surface area (Å²) in [6.45, 7) is 4.64. The smallest absolute Gasteiger partial charge is 0.157 e. The van der Waals surface area contributed by atoms with Crippen LogP contribution in [0.3, 0.4) is 0 Å². The van der Waals surface area contributed by atoms with Gasteiger partial charge in [-0.15, -0.1) is 0 Å². The van der Waals surface area contributed by atoms with Gasteiger partial charge in [-0.25, -0.2) is 4.98 Å². The van der Waals surface area contributed by atoms with Crippen LogP contribution < -0.4 is 4.90 Å². The molecule has 0 saturated carbocycles. The lowest BCUT2D eigenvalue weighted by Crippen LogP contribution is -2.30. The van der Waals surface area contributed by atoms with Crippen LogP contribution in [0.15, 0.2) is 48.7 Å². The van der Waals surface area contributed by atoms with Gasteiger partial charge in [-0.05, 0) is 26.4 Å². The first kappa shape index (κ1) is 14.9. The average molecular weight is 333 g/mol. The van der Waals surface area contributed by atoms with Crippen LogP contribution >= 0.6 is 0 Å². The van der Waals surface area contributed by atoms with E-state index in [2.05, 4.69) is 52.3 Å². The maximum atomic E-state index is 4.80. The second kappa shape index (κ2) is 5.56. The van der Waals surface area contributed by atoms with Gasteiger partial charge in [0.15, 0.2) is 5.65 Å². The van der Waals surface area contributed by atoms with Gasteiger partial charge in [0.2, 0.25) is 0 Å². The zero-order valence-corrected chi connectivity index (χ0v) is 14.6. The molecule has 2 aromatic heterocycles. The third kappa shape index (κ3) is 2.50. The minimum Gasteiger partial charge on any atom is -0.356 e. The molecule has 0 bridgehead atoms. The summed E-state index contributed by atoms with van der Waals surface area (Å²) in [4.78, 5) is 9.78. The lowest BCUT2D eigenvalue weighted by atomic mass is 9.86. The Morgan fingerprint density at radius 2 is 1.84 bits per heavy atom. The summed E-state index contributed by atoms with van der Waals surface area (Å²) in [6.07, 6.45) is 4.41. The molecule has 25 heavy (non-hydrogen) atoms. The number of benzene rings is 1. The molecule has 5 rings (SSSR count). The molecule has 0 N–H and O–H groups in total. The second-order valence-corrected chi connectivity index (χ2v) is 7.63. The summed E-state index contributed by atoms with van der Waals surface area (Å²) in [6, 6.07) is 14.6. The molecule has 2 fully saturated rings. The highest BCUT2D eigenvalue weighted by Gasteiger charge is 2.43. The maximum Gasteiger partial charge on any atom is 0.157 e. The van der Waals surface area contributed by atoms with Crippen molar-refractivity contribution in [2.45, 2.75) is 12.8 Å². The van der Waals surface area contributed by atoms with Gasteiger partial charge >= 0.3 is 0 Å². The summed E-state index contributed by atoms with van der Waals surface area (Å²) in [7, 11) is 2.24. The zero-order chi connectivity index (χ0) is 16.9. The number of likely N-dealkylation sites (tertiary alicyclic amines) is 1. The first-order chi connectivity index (χ1) is 12.2. The molecule has 128 valence electrons. The maximum absolute atomic E-state index is 4.80. The minimum atomic E-state index is 0.449. The Hall–Kier alpha value is -2.40. The summed E-state index contributed by atoms with van der Waals surface area (Å²) >= 11 is 0. The van der Waals surface area contributed by atoms with Gasteiger partial charge < -0.3 is 9.80 Å². The molecule has 2 aliphatic rings. The fourth-order valence-electron chi connectivity index (χ4n) is 4.50. The molecule has 3 aromatic rings. The Morgan fingerprint density at radius 3 is 2.64 bits per heavy atom. The predicted octanol–water partition coefficient (Wildman–Crippen LogP) is 2.93. The SMILES string of the molecule is CN1CC[C@@]2(CCN(c3cc(-c4ccccc4)nc4ccnn34)C2)C1. The van der Waals surface area contributed by atoms with E-state index in [4.69, 9.17) is 4.98 Å². The highest BCUT2D eigenvalue weighted by atomic mass is 15.4. The second-order valence-electron chi connectivity index (χ2n) is 7.63. The predicted molar refractivity (Wildman–Crippen MR) is 99.8 cm³/mol. The molecule has 2 aliphatic heterocycles. The van der Waals surface area contributed by atoms with Crippen molar-refractivity contribution >= 4 is 11.5 Å². The number of nitrogens with zero attached hydrogens (tertiary/aromatic N) is 5. The van der Waals surface area contributed by atoms with Crippen molar-refractivity contribution in [3.05, 3.63) is 48.7 Å². The van der Waals surface area contributed by atoms with E-state index < -0.39 is 0 Å².